The van der Waals surface area contributed by atoms with Crippen LogP contribution >= 0.6 is 0 Å². The highest BCUT2D eigenvalue weighted by molar-refractivity contribution is 5.86. The molecule has 0 fully saturated rings. The second-order valence-electron chi connectivity index (χ2n) is 6.41. The molecule has 2 aromatic carbocycles. The van der Waals surface area contributed by atoms with Gasteiger partial charge in [-0.3, -0.25) is 0 Å². The first-order valence-electron chi connectivity index (χ1n) is 8.80. The summed E-state index contributed by atoms with van der Waals surface area (Å²) in [7, 11) is 6.33. The second kappa shape index (κ2) is 8.12. The number of benzene rings is 2. The predicted octanol–water partition coefficient (Wildman–Crippen LogP) is 3.33. The molecule has 0 saturated carbocycles. The Bertz CT molecular complexity index is 957. The number of likely N-dealkylation sites (N-methyl/N-ethyl adjacent to an activating group) is 1. The molecule has 1 aromatic heterocycles. The quantitative estimate of drug-likeness (QED) is 0.620. The van der Waals surface area contributed by atoms with Crippen molar-refractivity contribution >= 4 is 22.6 Å². The zero-order valence-corrected chi connectivity index (χ0v) is 16.4. The lowest BCUT2D eigenvalue weighted by molar-refractivity contribution is -0.138. The molecule has 0 radical (unpaired) electrons. The van der Waals surface area contributed by atoms with Crippen LogP contribution in [-0.2, 0) is 11.2 Å². The second-order valence-corrected chi connectivity index (χ2v) is 6.41. The summed E-state index contributed by atoms with van der Waals surface area (Å²) in [5, 5.41) is 11.0. The van der Waals surface area contributed by atoms with Gasteiger partial charge in [0.25, 0.3) is 0 Å². The molecular weight excluding hydrogens is 360 g/mol. The molecule has 0 unspecified atom stereocenters. The van der Waals surface area contributed by atoms with Crippen molar-refractivity contribution in [3.63, 3.8) is 0 Å². The van der Waals surface area contributed by atoms with Crippen molar-refractivity contribution in [2.45, 2.75) is 12.5 Å². The van der Waals surface area contributed by atoms with Gasteiger partial charge in [0.15, 0.2) is 0 Å². The molecule has 0 spiro atoms. The number of nitrogens with zero attached hydrogens (tertiary/aromatic N) is 1. The summed E-state index contributed by atoms with van der Waals surface area (Å²) < 4.78 is 16.2. The van der Waals surface area contributed by atoms with Crippen LogP contribution in [-0.4, -0.2) is 50.5 Å². The van der Waals surface area contributed by atoms with Crippen LogP contribution in [0.3, 0.4) is 0 Å². The third kappa shape index (κ3) is 3.55. The summed E-state index contributed by atoms with van der Waals surface area (Å²) in [6, 6.07) is 10.4. The number of H-pyrrole nitrogens is 1. The number of anilines is 1. The van der Waals surface area contributed by atoms with Crippen molar-refractivity contribution in [2.24, 2.45) is 0 Å². The number of carboxylic acids is 1. The monoisotopic (exact) mass is 384 g/mol. The number of hydrogen-bond acceptors (Lipinski definition) is 5. The number of aliphatic carboxylic acids is 1. The molecule has 3 aromatic rings. The number of aromatic nitrogens is 1. The van der Waals surface area contributed by atoms with Gasteiger partial charge in [0.05, 0.1) is 21.3 Å². The number of para-hydroxylation sites is 1. The fraction of sp³-hybridized carbons (Fsp3) is 0.286. The van der Waals surface area contributed by atoms with Gasteiger partial charge in [-0.05, 0) is 11.6 Å². The number of nitrogens with one attached hydrogen (secondary N) is 1. The minimum Gasteiger partial charge on any atom is -0.496 e. The molecule has 28 heavy (non-hydrogen) atoms. The minimum absolute atomic E-state index is 0.314. The van der Waals surface area contributed by atoms with Gasteiger partial charge < -0.3 is 29.2 Å². The number of ether oxygens (including phenoxy) is 3. The summed E-state index contributed by atoms with van der Waals surface area (Å²) in [6.45, 7) is 0. The highest BCUT2D eigenvalue weighted by atomic mass is 16.5. The van der Waals surface area contributed by atoms with Crippen LogP contribution < -0.4 is 19.1 Å². The maximum absolute atomic E-state index is 12.1. The summed E-state index contributed by atoms with van der Waals surface area (Å²) in [5.74, 6) is 0.579. The van der Waals surface area contributed by atoms with Crippen LogP contribution in [0.4, 0.5) is 5.69 Å². The lowest BCUT2D eigenvalue weighted by atomic mass is 10.0. The largest absolute Gasteiger partial charge is 0.496 e. The summed E-state index contributed by atoms with van der Waals surface area (Å²) in [5.41, 5.74) is 2.46. The molecule has 3 rings (SSSR count). The fourth-order valence-electron chi connectivity index (χ4n) is 3.39. The third-order valence-corrected chi connectivity index (χ3v) is 4.88. The lowest BCUT2D eigenvalue weighted by Crippen LogP contribution is -2.40. The molecule has 2 N–H and O–H groups in total. The Morgan fingerprint density at radius 2 is 1.75 bits per heavy atom. The lowest BCUT2D eigenvalue weighted by Gasteiger charge is -2.29. The van der Waals surface area contributed by atoms with Gasteiger partial charge >= 0.3 is 5.97 Å². The van der Waals surface area contributed by atoms with Crippen LogP contribution in [0.5, 0.6) is 17.2 Å². The molecule has 0 aliphatic rings. The summed E-state index contributed by atoms with van der Waals surface area (Å²) >= 11 is 0. The number of rotatable bonds is 8. The van der Waals surface area contributed by atoms with E-state index in [0.717, 1.165) is 16.5 Å². The van der Waals surface area contributed by atoms with Gasteiger partial charge in [-0.2, -0.15) is 0 Å². The van der Waals surface area contributed by atoms with Crippen molar-refractivity contribution in [1.82, 2.24) is 4.98 Å². The van der Waals surface area contributed by atoms with E-state index in [2.05, 4.69) is 4.98 Å². The molecule has 0 saturated heterocycles. The Hall–Kier alpha value is -3.35. The van der Waals surface area contributed by atoms with Crippen LogP contribution in [0, 0.1) is 0 Å². The summed E-state index contributed by atoms with van der Waals surface area (Å²) in [4.78, 5) is 17.0. The molecule has 148 valence electrons. The van der Waals surface area contributed by atoms with Crippen molar-refractivity contribution in [1.29, 1.82) is 0 Å². The van der Waals surface area contributed by atoms with Crippen LogP contribution in [0.1, 0.15) is 5.56 Å². The average Bonchev–Trinajstić information content (AvgIpc) is 3.13. The van der Waals surface area contributed by atoms with Crippen molar-refractivity contribution in [2.75, 3.05) is 33.3 Å². The molecule has 0 bridgehead atoms. The van der Waals surface area contributed by atoms with Gasteiger partial charge in [-0.1, -0.05) is 18.2 Å². The Balaban J connectivity index is 2.02. The normalized spacial score (nSPS) is 11.9. The molecule has 1 heterocycles. The minimum atomic E-state index is -0.937. The van der Waals surface area contributed by atoms with Gasteiger partial charge in [0.1, 0.15) is 29.0 Å². The molecule has 0 aliphatic carbocycles. The first kappa shape index (κ1) is 19.4. The number of fused-ring (bicyclic) bond motifs is 1. The Labute approximate surface area is 163 Å². The summed E-state index contributed by atoms with van der Waals surface area (Å²) in [6.07, 6.45) is 2.17. The molecule has 7 nitrogen and oxygen atoms in total. The number of aromatic amines is 1. The zero-order chi connectivity index (χ0) is 20.3. The first-order chi connectivity index (χ1) is 13.5. The first-order valence-corrected chi connectivity index (χ1v) is 8.80. The smallest absolute Gasteiger partial charge is 0.326 e. The number of carbonyl (C=O) groups is 1. The zero-order valence-electron chi connectivity index (χ0n) is 16.4. The maximum Gasteiger partial charge on any atom is 0.326 e. The highest BCUT2D eigenvalue weighted by Gasteiger charge is 2.29. The Morgan fingerprint density at radius 1 is 1.11 bits per heavy atom. The van der Waals surface area contributed by atoms with E-state index in [1.54, 1.807) is 31.2 Å². The predicted molar refractivity (Wildman–Crippen MR) is 108 cm³/mol. The van der Waals surface area contributed by atoms with E-state index >= 15 is 0 Å². The SMILES string of the molecule is COc1cc(OC)c(N(C)[C@@H](Cc2c[nH]c3ccccc23)C(=O)O)c(OC)c1. The fourth-order valence-corrected chi connectivity index (χ4v) is 3.39. The molecule has 1 atom stereocenters. The van der Waals surface area contributed by atoms with Crippen LogP contribution in [0.15, 0.2) is 42.6 Å². The van der Waals surface area contributed by atoms with Gasteiger partial charge in [0.2, 0.25) is 0 Å². The van der Waals surface area contributed by atoms with Crippen LogP contribution in [0.25, 0.3) is 10.9 Å². The van der Waals surface area contributed by atoms with E-state index in [1.807, 2.05) is 30.5 Å². The van der Waals surface area contributed by atoms with Gasteiger partial charge in [-0.15, -0.1) is 0 Å². The van der Waals surface area contributed by atoms with E-state index in [1.165, 1.54) is 14.2 Å². The molecule has 0 aliphatic heterocycles. The van der Waals surface area contributed by atoms with E-state index in [4.69, 9.17) is 14.2 Å². The number of hydrogen-bond donors (Lipinski definition) is 2. The number of methoxy groups -OCH3 is 3. The third-order valence-electron chi connectivity index (χ3n) is 4.88. The van der Waals surface area contributed by atoms with E-state index < -0.39 is 12.0 Å². The highest BCUT2D eigenvalue weighted by Crippen LogP contribution is 2.42. The van der Waals surface area contributed by atoms with Crippen molar-refractivity contribution < 1.29 is 24.1 Å². The van der Waals surface area contributed by atoms with E-state index in [0.29, 0.717) is 29.4 Å². The molecular formula is C21H24N2O5. The van der Waals surface area contributed by atoms with E-state index in [9.17, 15) is 9.90 Å². The van der Waals surface area contributed by atoms with Crippen molar-refractivity contribution in [3.05, 3.63) is 48.2 Å². The average molecular weight is 384 g/mol. The van der Waals surface area contributed by atoms with Crippen LogP contribution in [0.2, 0.25) is 0 Å². The van der Waals surface area contributed by atoms with Gasteiger partial charge in [-0.25, -0.2) is 4.79 Å². The van der Waals surface area contributed by atoms with Crippen molar-refractivity contribution in [3.8, 4) is 17.2 Å². The van der Waals surface area contributed by atoms with E-state index in [-0.39, 0.29) is 0 Å². The topological polar surface area (TPSA) is 84.0 Å². The Morgan fingerprint density at radius 3 is 2.32 bits per heavy atom. The number of carboxylic acid groups (broad SMARTS) is 1. The molecule has 7 heteroatoms. The van der Waals surface area contributed by atoms with Gasteiger partial charge in [0, 0.05) is 42.7 Å². The Kier molecular flexibility index (Phi) is 5.63. The standard InChI is InChI=1S/C21H24N2O5/c1-23(20-18(27-3)10-14(26-2)11-19(20)28-4)17(21(24)25)9-13-12-22-16-8-6-5-7-15(13)16/h5-8,10-12,17,22H,9H2,1-4H3,(H,24,25)/t17-/m0/s1. The molecule has 0 amide bonds. The maximum atomic E-state index is 12.1.